The van der Waals surface area contributed by atoms with Crippen molar-refractivity contribution < 1.29 is 14.3 Å². The van der Waals surface area contributed by atoms with E-state index in [2.05, 4.69) is 5.32 Å². The van der Waals surface area contributed by atoms with Crippen molar-refractivity contribution in [3.8, 4) is 5.75 Å². The fourth-order valence-electron chi connectivity index (χ4n) is 1.84. The normalized spacial score (nSPS) is 9.95. The van der Waals surface area contributed by atoms with E-state index >= 15 is 0 Å². The molecule has 0 spiro atoms. The fraction of sp³-hybridized carbons (Fsp3) is 0.429. The molecule has 3 N–H and O–H groups in total. The third kappa shape index (κ3) is 3.88. The predicted octanol–water partition coefficient (Wildman–Crippen LogP) is 0.876. The van der Waals surface area contributed by atoms with E-state index in [1.54, 1.807) is 18.2 Å². The summed E-state index contributed by atoms with van der Waals surface area (Å²) in [5.74, 6) is -0.0310. The highest BCUT2D eigenvalue weighted by Crippen LogP contribution is 2.22. The molecular weight excluding hydrogens is 258 g/mol. The predicted molar refractivity (Wildman–Crippen MR) is 77.7 cm³/mol. The first kappa shape index (κ1) is 15.8. The molecule has 0 saturated carbocycles. The Balaban J connectivity index is 3.05. The molecule has 0 radical (unpaired) electrons. The Morgan fingerprint density at radius 3 is 2.65 bits per heavy atom. The van der Waals surface area contributed by atoms with Crippen molar-refractivity contribution in [1.29, 1.82) is 0 Å². The van der Waals surface area contributed by atoms with E-state index in [-0.39, 0.29) is 18.4 Å². The Morgan fingerprint density at radius 1 is 1.40 bits per heavy atom. The second-order valence-electron chi connectivity index (χ2n) is 4.36. The lowest BCUT2D eigenvalue weighted by Crippen LogP contribution is -2.40. The Hall–Kier alpha value is -2.24. The molecule has 1 aromatic carbocycles. The molecule has 0 unspecified atom stereocenters. The molecule has 0 bridgehead atoms. The van der Waals surface area contributed by atoms with E-state index < -0.39 is 0 Å². The van der Waals surface area contributed by atoms with Crippen LogP contribution in [0.5, 0.6) is 5.75 Å². The summed E-state index contributed by atoms with van der Waals surface area (Å²) < 4.78 is 5.18. The third-order valence-corrected chi connectivity index (χ3v) is 2.85. The van der Waals surface area contributed by atoms with Gasteiger partial charge in [0.1, 0.15) is 5.75 Å². The molecule has 0 saturated heterocycles. The average molecular weight is 279 g/mol. The first-order valence-corrected chi connectivity index (χ1v) is 6.46. The van der Waals surface area contributed by atoms with Gasteiger partial charge < -0.3 is 20.7 Å². The van der Waals surface area contributed by atoms with Crippen LogP contribution in [0.15, 0.2) is 18.2 Å². The summed E-state index contributed by atoms with van der Waals surface area (Å²) in [6, 6.07) is 4.87. The maximum absolute atomic E-state index is 12.5. The first-order valence-electron chi connectivity index (χ1n) is 6.46. The van der Waals surface area contributed by atoms with Crippen LogP contribution in [-0.2, 0) is 4.79 Å². The number of amides is 2. The molecule has 0 aromatic heterocycles. The minimum Gasteiger partial charge on any atom is -0.496 e. The maximum Gasteiger partial charge on any atom is 0.258 e. The van der Waals surface area contributed by atoms with Gasteiger partial charge >= 0.3 is 0 Å². The molecule has 0 aliphatic rings. The lowest BCUT2D eigenvalue weighted by atomic mass is 10.1. The van der Waals surface area contributed by atoms with Gasteiger partial charge in [0.2, 0.25) is 5.91 Å². The Morgan fingerprint density at radius 2 is 2.10 bits per heavy atom. The number of methoxy groups -OCH3 is 1. The van der Waals surface area contributed by atoms with Crippen LogP contribution in [0.1, 0.15) is 23.7 Å². The second kappa shape index (κ2) is 7.37. The van der Waals surface area contributed by atoms with Crippen molar-refractivity contribution in [2.45, 2.75) is 13.3 Å². The summed E-state index contributed by atoms with van der Waals surface area (Å²) in [6.45, 7) is 2.45. The molecule has 6 heteroatoms. The van der Waals surface area contributed by atoms with Crippen molar-refractivity contribution in [2.75, 3.05) is 33.0 Å². The highest BCUT2D eigenvalue weighted by Gasteiger charge is 2.21. The number of nitrogens with two attached hydrogens (primary N) is 1. The van der Waals surface area contributed by atoms with Gasteiger partial charge in [-0.15, -0.1) is 0 Å². The topological polar surface area (TPSA) is 84.7 Å². The molecule has 110 valence electrons. The zero-order valence-electron chi connectivity index (χ0n) is 12.1. The van der Waals surface area contributed by atoms with E-state index in [4.69, 9.17) is 10.5 Å². The van der Waals surface area contributed by atoms with Gasteiger partial charge in [-0.05, 0) is 24.6 Å². The smallest absolute Gasteiger partial charge is 0.258 e. The molecule has 0 aliphatic heterocycles. The quantitative estimate of drug-likeness (QED) is 0.757. The summed E-state index contributed by atoms with van der Waals surface area (Å²) in [5.41, 5.74) is 6.56. The summed E-state index contributed by atoms with van der Waals surface area (Å²) in [5, 5.41) is 2.51. The number of hydrogen-bond donors (Lipinski definition) is 2. The minimum atomic E-state index is -0.264. The zero-order valence-corrected chi connectivity index (χ0v) is 12.1. The van der Waals surface area contributed by atoms with E-state index in [9.17, 15) is 9.59 Å². The largest absolute Gasteiger partial charge is 0.496 e. The SMILES string of the molecule is CCCN(CC(=O)NC)C(=O)c1cc(N)ccc1OC. The molecule has 0 fully saturated rings. The molecule has 0 heterocycles. The standard InChI is InChI=1S/C14H21N3O3/c1-4-7-17(9-13(18)16-2)14(19)11-8-10(15)5-6-12(11)20-3/h5-6,8H,4,7,9,15H2,1-3H3,(H,16,18). The van der Waals surface area contributed by atoms with Crippen molar-refractivity contribution in [3.05, 3.63) is 23.8 Å². The number of benzene rings is 1. The number of ether oxygens (including phenoxy) is 1. The summed E-state index contributed by atoms with van der Waals surface area (Å²) in [6.07, 6.45) is 0.757. The number of likely N-dealkylation sites (N-methyl/N-ethyl adjacent to an activating group) is 1. The van der Waals surface area contributed by atoms with Gasteiger partial charge in [-0.25, -0.2) is 0 Å². The van der Waals surface area contributed by atoms with E-state index in [1.165, 1.54) is 19.1 Å². The van der Waals surface area contributed by atoms with E-state index in [0.717, 1.165) is 6.42 Å². The first-order chi connectivity index (χ1) is 9.53. The number of nitrogen functional groups attached to an aromatic ring is 1. The van der Waals surface area contributed by atoms with E-state index in [0.29, 0.717) is 23.5 Å². The van der Waals surface area contributed by atoms with Crippen LogP contribution in [0.4, 0.5) is 5.69 Å². The number of anilines is 1. The molecule has 6 nitrogen and oxygen atoms in total. The molecule has 1 aromatic rings. The van der Waals surface area contributed by atoms with Gasteiger partial charge in [-0.3, -0.25) is 9.59 Å². The van der Waals surface area contributed by atoms with Crippen molar-refractivity contribution in [3.63, 3.8) is 0 Å². The third-order valence-electron chi connectivity index (χ3n) is 2.85. The number of nitrogens with one attached hydrogen (secondary N) is 1. The average Bonchev–Trinajstić information content (AvgIpc) is 2.45. The van der Waals surface area contributed by atoms with Crippen LogP contribution >= 0.6 is 0 Å². The van der Waals surface area contributed by atoms with Gasteiger partial charge in [0.15, 0.2) is 0 Å². The highest BCUT2D eigenvalue weighted by molar-refractivity contribution is 5.99. The molecular formula is C14H21N3O3. The van der Waals surface area contributed by atoms with Crippen LogP contribution in [-0.4, -0.2) is 44.0 Å². The van der Waals surface area contributed by atoms with Crippen LogP contribution < -0.4 is 15.8 Å². The maximum atomic E-state index is 12.5. The Labute approximate surface area is 118 Å². The van der Waals surface area contributed by atoms with Crippen LogP contribution in [0.25, 0.3) is 0 Å². The monoisotopic (exact) mass is 279 g/mol. The van der Waals surface area contributed by atoms with Crippen LogP contribution in [0.2, 0.25) is 0 Å². The van der Waals surface area contributed by atoms with Crippen LogP contribution in [0, 0.1) is 0 Å². The lowest BCUT2D eigenvalue weighted by molar-refractivity contribution is -0.121. The Kier molecular flexibility index (Phi) is 5.83. The van der Waals surface area contributed by atoms with E-state index in [1.807, 2.05) is 6.92 Å². The summed E-state index contributed by atoms with van der Waals surface area (Å²) >= 11 is 0. The molecule has 0 aliphatic carbocycles. The molecule has 1 rings (SSSR count). The number of nitrogens with zero attached hydrogens (tertiary/aromatic N) is 1. The zero-order chi connectivity index (χ0) is 15.1. The van der Waals surface area contributed by atoms with Crippen molar-refractivity contribution in [1.82, 2.24) is 10.2 Å². The van der Waals surface area contributed by atoms with Crippen molar-refractivity contribution >= 4 is 17.5 Å². The van der Waals surface area contributed by atoms with Crippen LogP contribution in [0.3, 0.4) is 0 Å². The lowest BCUT2D eigenvalue weighted by Gasteiger charge is -2.22. The van der Waals surface area contributed by atoms with Crippen molar-refractivity contribution in [2.24, 2.45) is 0 Å². The number of rotatable bonds is 6. The molecule has 0 atom stereocenters. The Bertz CT molecular complexity index is 489. The van der Waals surface area contributed by atoms with Gasteiger partial charge in [-0.2, -0.15) is 0 Å². The fourth-order valence-corrected chi connectivity index (χ4v) is 1.84. The summed E-state index contributed by atoms with van der Waals surface area (Å²) in [4.78, 5) is 25.5. The van der Waals surface area contributed by atoms with Gasteiger partial charge in [0.25, 0.3) is 5.91 Å². The number of hydrogen-bond acceptors (Lipinski definition) is 4. The van der Waals surface area contributed by atoms with Gasteiger partial charge in [-0.1, -0.05) is 6.92 Å². The minimum absolute atomic E-state index is 0.0150. The number of carbonyl (C=O) groups excluding carboxylic acids is 2. The molecule has 2 amide bonds. The number of carbonyl (C=O) groups is 2. The summed E-state index contributed by atoms with van der Waals surface area (Å²) in [7, 11) is 3.03. The highest BCUT2D eigenvalue weighted by atomic mass is 16.5. The second-order valence-corrected chi connectivity index (χ2v) is 4.36. The van der Waals surface area contributed by atoms with Gasteiger partial charge in [0, 0.05) is 19.3 Å². The van der Waals surface area contributed by atoms with Gasteiger partial charge in [0.05, 0.1) is 19.2 Å². The molecule has 20 heavy (non-hydrogen) atoms.